The van der Waals surface area contributed by atoms with Gasteiger partial charge in [0, 0.05) is 61.1 Å². The van der Waals surface area contributed by atoms with Gasteiger partial charge in [-0.2, -0.15) is 26.3 Å². The predicted octanol–water partition coefficient (Wildman–Crippen LogP) is 4.14. The molecule has 1 aromatic carbocycles. The van der Waals surface area contributed by atoms with Crippen LogP contribution in [0.3, 0.4) is 0 Å². The van der Waals surface area contributed by atoms with Crippen molar-refractivity contribution in [2.45, 2.75) is 35.8 Å². The van der Waals surface area contributed by atoms with Crippen LogP contribution in [-0.2, 0) is 10.3 Å². The molecule has 0 unspecified atom stereocenters. The van der Waals surface area contributed by atoms with Crippen molar-refractivity contribution in [3.63, 3.8) is 0 Å². The third kappa shape index (κ3) is 7.23. The zero-order valence-electron chi connectivity index (χ0n) is 21.0. The van der Waals surface area contributed by atoms with Crippen LogP contribution in [0.1, 0.15) is 12.5 Å². The molecule has 14 heteroatoms. The smallest absolute Gasteiger partial charge is 0.384 e. The summed E-state index contributed by atoms with van der Waals surface area (Å²) in [7, 11) is 2.11. The Bertz CT molecular complexity index is 1000. The molecule has 4 rings (SSSR count). The van der Waals surface area contributed by atoms with Gasteiger partial charge in [-0.25, -0.2) is 9.29 Å². The van der Waals surface area contributed by atoms with Gasteiger partial charge in [0.25, 0.3) is 5.60 Å². The number of anilines is 2. The number of nitrogens with two attached hydrogens (primary N) is 1. The van der Waals surface area contributed by atoms with Crippen LogP contribution in [0.4, 0.5) is 37.8 Å². The van der Waals surface area contributed by atoms with Gasteiger partial charge in [0.2, 0.25) is 0 Å². The normalized spacial score (nSPS) is 20.1. The Kier molecular flexibility index (Phi) is 9.79. The Morgan fingerprint density at radius 2 is 1.55 bits per heavy atom. The van der Waals surface area contributed by atoms with Crippen LogP contribution >= 0.6 is 11.9 Å². The van der Waals surface area contributed by atoms with E-state index in [1.54, 1.807) is 12.3 Å². The number of aromatic nitrogens is 1. The van der Waals surface area contributed by atoms with Crippen LogP contribution in [0.15, 0.2) is 47.5 Å². The van der Waals surface area contributed by atoms with E-state index in [1.165, 1.54) is 24.1 Å². The summed E-state index contributed by atoms with van der Waals surface area (Å²) in [5.41, 5.74) is -0.151. The molecule has 2 aliphatic heterocycles. The number of halogens is 6. The number of alkyl halides is 6. The lowest BCUT2D eigenvalue weighted by Crippen LogP contribution is -2.54. The van der Waals surface area contributed by atoms with E-state index in [0.29, 0.717) is 43.3 Å². The number of ether oxygens (including phenoxy) is 1. The van der Waals surface area contributed by atoms with Crippen molar-refractivity contribution < 1.29 is 36.2 Å². The highest BCUT2D eigenvalue weighted by atomic mass is 32.2. The van der Waals surface area contributed by atoms with Crippen LogP contribution < -0.4 is 10.6 Å². The molecule has 38 heavy (non-hydrogen) atoms. The molecular formula is C24H31F6N5O2S. The molecule has 1 aromatic heterocycles. The molecule has 3 heterocycles. The van der Waals surface area contributed by atoms with Crippen LogP contribution in [0.5, 0.6) is 0 Å². The third-order valence-corrected chi connectivity index (χ3v) is 7.30. The molecule has 0 amide bonds. The van der Waals surface area contributed by atoms with E-state index >= 15 is 0 Å². The molecule has 7 nitrogen and oxygen atoms in total. The largest absolute Gasteiger partial charge is 0.430 e. The maximum atomic E-state index is 13.0. The third-order valence-electron chi connectivity index (χ3n) is 6.26. The first-order valence-corrected chi connectivity index (χ1v) is 12.6. The Labute approximate surface area is 221 Å². The van der Waals surface area contributed by atoms with Gasteiger partial charge in [0.15, 0.2) is 0 Å². The lowest BCUT2D eigenvalue weighted by Gasteiger charge is -2.41. The first-order chi connectivity index (χ1) is 17.7. The standard InChI is InChI=1S/C19H20F6N4OS.C5H11NO/c1-12-11-28(31-15-6-7-16(26)27-10-15)8-9-29(12)14-4-2-13(3-5-14)17(30,18(20,21)22)19(23,24)25;1-6-2-4-7-5-3-6/h2-7,10,12,30H,8-9,11H2,1H3,(H2,26,27);2-5H2,1H3/t12-;/m0./s1. The number of hydrogen-bond acceptors (Lipinski definition) is 8. The number of nitrogen functional groups attached to an aromatic ring is 1. The van der Waals surface area contributed by atoms with Crippen molar-refractivity contribution in [1.82, 2.24) is 14.2 Å². The number of aliphatic hydroxyl groups is 1. The lowest BCUT2D eigenvalue weighted by atomic mass is 9.92. The van der Waals surface area contributed by atoms with Crippen molar-refractivity contribution >= 4 is 23.5 Å². The fourth-order valence-electron chi connectivity index (χ4n) is 4.02. The fourth-order valence-corrected chi connectivity index (χ4v) is 5.01. The number of pyridine rings is 1. The van der Waals surface area contributed by atoms with Gasteiger partial charge in [-0.05, 0) is 50.2 Å². The van der Waals surface area contributed by atoms with Gasteiger partial charge in [0.1, 0.15) is 5.82 Å². The van der Waals surface area contributed by atoms with Gasteiger partial charge in [-0.3, -0.25) is 0 Å². The van der Waals surface area contributed by atoms with Crippen LogP contribution in [-0.4, -0.2) is 90.7 Å². The quantitative estimate of drug-likeness (QED) is 0.422. The SMILES string of the molecule is CN1CCOCC1.C[C@H]1CN(Sc2ccc(N)nc2)CCN1c1ccc(C(O)(C(F)(F)F)C(F)(F)F)cc1. The van der Waals surface area contributed by atoms with Crippen molar-refractivity contribution in [1.29, 1.82) is 0 Å². The van der Waals surface area contributed by atoms with Gasteiger partial charge in [-0.1, -0.05) is 12.1 Å². The number of morpholine rings is 1. The van der Waals surface area contributed by atoms with E-state index < -0.39 is 23.5 Å². The summed E-state index contributed by atoms with van der Waals surface area (Å²) in [6.45, 7) is 7.65. The van der Waals surface area contributed by atoms with E-state index in [2.05, 4.69) is 21.2 Å². The molecule has 0 spiro atoms. The Morgan fingerprint density at radius 1 is 0.947 bits per heavy atom. The van der Waals surface area contributed by atoms with E-state index in [-0.39, 0.29) is 6.04 Å². The molecule has 2 fully saturated rings. The Balaban J connectivity index is 0.000000494. The van der Waals surface area contributed by atoms with Crippen LogP contribution in [0.2, 0.25) is 0 Å². The lowest BCUT2D eigenvalue weighted by molar-refractivity contribution is -0.376. The summed E-state index contributed by atoms with van der Waals surface area (Å²) >= 11 is 1.49. The molecule has 2 saturated heterocycles. The number of benzene rings is 1. The number of hydrogen-bond donors (Lipinski definition) is 2. The van der Waals surface area contributed by atoms with Crippen molar-refractivity contribution in [2.24, 2.45) is 0 Å². The number of rotatable bonds is 4. The summed E-state index contributed by atoms with van der Waals surface area (Å²) in [6.07, 6.45) is -10.2. The molecule has 3 N–H and O–H groups in total. The highest BCUT2D eigenvalue weighted by molar-refractivity contribution is 7.97. The Hall–Kier alpha value is -2.26. The van der Waals surface area contributed by atoms with Gasteiger partial charge in [0.05, 0.1) is 13.2 Å². The summed E-state index contributed by atoms with van der Waals surface area (Å²) in [4.78, 5) is 9.09. The second-order valence-electron chi connectivity index (χ2n) is 9.11. The number of likely N-dealkylation sites (N-methyl/N-ethyl adjacent to an activating group) is 1. The topological polar surface area (TPSA) is 78.1 Å². The van der Waals surface area contributed by atoms with Crippen molar-refractivity contribution in [2.75, 3.05) is 63.6 Å². The first kappa shape index (κ1) is 30.3. The van der Waals surface area contributed by atoms with Crippen LogP contribution in [0, 0.1) is 0 Å². The summed E-state index contributed by atoms with van der Waals surface area (Å²) in [5, 5.41) is 9.51. The van der Waals surface area contributed by atoms with Crippen LogP contribution in [0.25, 0.3) is 0 Å². The average molecular weight is 568 g/mol. The first-order valence-electron chi connectivity index (χ1n) is 11.9. The summed E-state index contributed by atoms with van der Waals surface area (Å²) < 4.78 is 85.5. The molecule has 0 radical (unpaired) electrons. The van der Waals surface area contributed by atoms with Gasteiger partial charge in [-0.15, -0.1) is 0 Å². The van der Waals surface area contributed by atoms with E-state index in [4.69, 9.17) is 10.5 Å². The van der Waals surface area contributed by atoms with E-state index in [1.807, 2.05) is 17.9 Å². The molecule has 0 saturated carbocycles. The highest BCUT2D eigenvalue weighted by Crippen LogP contribution is 2.50. The summed E-state index contributed by atoms with van der Waals surface area (Å²) in [5.74, 6) is 0.411. The zero-order valence-corrected chi connectivity index (χ0v) is 21.8. The number of nitrogens with zero attached hydrogens (tertiary/aromatic N) is 4. The minimum Gasteiger partial charge on any atom is -0.384 e. The molecule has 2 aromatic rings. The molecule has 212 valence electrons. The Morgan fingerprint density at radius 3 is 2.00 bits per heavy atom. The maximum Gasteiger partial charge on any atom is 0.430 e. The minimum atomic E-state index is -5.90. The fraction of sp³-hybridized carbons (Fsp3) is 0.542. The average Bonchev–Trinajstić information content (AvgIpc) is 2.85. The van der Waals surface area contributed by atoms with Crippen molar-refractivity contribution in [3.8, 4) is 0 Å². The number of piperazine rings is 1. The monoisotopic (exact) mass is 567 g/mol. The zero-order chi connectivity index (χ0) is 28.1. The van der Waals surface area contributed by atoms with Gasteiger partial charge >= 0.3 is 12.4 Å². The highest BCUT2D eigenvalue weighted by Gasteiger charge is 2.71. The maximum absolute atomic E-state index is 13.0. The van der Waals surface area contributed by atoms with Gasteiger partial charge < -0.3 is 25.4 Å². The molecule has 0 bridgehead atoms. The molecule has 0 aliphatic carbocycles. The van der Waals surface area contributed by atoms with Crippen molar-refractivity contribution in [3.05, 3.63) is 48.2 Å². The molecule has 2 aliphatic rings. The minimum absolute atomic E-state index is 0.0574. The van der Waals surface area contributed by atoms with E-state index in [0.717, 1.165) is 31.2 Å². The molecule has 1 atom stereocenters. The van der Waals surface area contributed by atoms with E-state index in [9.17, 15) is 31.4 Å². The predicted molar refractivity (Wildman–Crippen MR) is 134 cm³/mol. The second kappa shape index (κ2) is 12.3. The summed E-state index contributed by atoms with van der Waals surface area (Å²) in [6, 6.07) is 7.15. The second-order valence-corrected chi connectivity index (χ2v) is 10.3. The molecular weight excluding hydrogens is 536 g/mol.